The summed E-state index contributed by atoms with van der Waals surface area (Å²) < 4.78 is 17.0. The van der Waals surface area contributed by atoms with E-state index in [0.29, 0.717) is 39.1 Å². The molecule has 4 rings (SSSR count). The predicted molar refractivity (Wildman–Crippen MR) is 121 cm³/mol. The molecule has 2 bridgehead atoms. The lowest BCUT2D eigenvalue weighted by Gasteiger charge is -2.36. The molecule has 4 heterocycles. The Morgan fingerprint density at radius 1 is 1.33 bits per heavy atom. The van der Waals surface area contributed by atoms with Crippen LogP contribution in [0, 0.1) is 11.8 Å². The summed E-state index contributed by atoms with van der Waals surface area (Å²) in [4.78, 5) is 43.6. The van der Waals surface area contributed by atoms with Crippen LogP contribution in [0.2, 0.25) is 0 Å². The Kier molecular flexibility index (Phi) is 7.64. The van der Waals surface area contributed by atoms with E-state index in [1.54, 1.807) is 6.92 Å². The number of morpholine rings is 1. The molecule has 186 valence electrons. The zero-order valence-corrected chi connectivity index (χ0v) is 20.8. The van der Waals surface area contributed by atoms with Gasteiger partial charge in [-0.25, -0.2) is 0 Å². The standard InChI is InChI=1S/C22H34BrN3O7/c1-3-13(12-27)26-18(19(28)24-5-6-25-7-9-31-10-8-25)22-11-14(23)17(33-22)15(16(22)20(26)29)21(30)32-4-2/h13-18,27H,3-12H2,1-2H3,(H,24,28)/t13-,14?,15-,16+,17-,18-,22+/m0/s1. The van der Waals surface area contributed by atoms with Crippen LogP contribution in [0.4, 0.5) is 0 Å². The summed E-state index contributed by atoms with van der Waals surface area (Å²) >= 11 is 3.62. The Labute approximate surface area is 202 Å². The maximum atomic E-state index is 13.7. The van der Waals surface area contributed by atoms with Gasteiger partial charge < -0.3 is 29.5 Å². The molecule has 0 aromatic heterocycles. The summed E-state index contributed by atoms with van der Waals surface area (Å²) in [5, 5.41) is 13.0. The van der Waals surface area contributed by atoms with Crippen molar-refractivity contribution in [1.29, 1.82) is 0 Å². The molecule has 0 radical (unpaired) electrons. The topological polar surface area (TPSA) is 118 Å². The van der Waals surface area contributed by atoms with Gasteiger partial charge in [-0.15, -0.1) is 0 Å². The van der Waals surface area contributed by atoms with Crippen molar-refractivity contribution in [2.45, 2.75) is 55.3 Å². The summed E-state index contributed by atoms with van der Waals surface area (Å²) in [5.41, 5.74) is -1.13. The number of esters is 1. The molecule has 33 heavy (non-hydrogen) atoms. The fraction of sp³-hybridized carbons (Fsp3) is 0.864. The first kappa shape index (κ1) is 24.8. The van der Waals surface area contributed by atoms with E-state index in [9.17, 15) is 19.5 Å². The molecule has 11 heteroatoms. The lowest BCUT2D eigenvalue weighted by atomic mass is 9.70. The van der Waals surface area contributed by atoms with Crippen LogP contribution in [0.5, 0.6) is 0 Å². The zero-order chi connectivity index (χ0) is 23.8. The third kappa shape index (κ3) is 4.20. The summed E-state index contributed by atoms with van der Waals surface area (Å²) in [7, 11) is 0. The Bertz CT molecular complexity index is 760. The minimum Gasteiger partial charge on any atom is -0.466 e. The van der Waals surface area contributed by atoms with E-state index in [-0.39, 0.29) is 29.9 Å². The molecular weight excluding hydrogens is 498 g/mol. The van der Waals surface area contributed by atoms with Gasteiger partial charge in [0.1, 0.15) is 11.6 Å². The van der Waals surface area contributed by atoms with Gasteiger partial charge in [-0.3, -0.25) is 19.3 Å². The number of ether oxygens (including phenoxy) is 3. The van der Waals surface area contributed by atoms with Crippen LogP contribution in [-0.4, -0.2) is 114 Å². The summed E-state index contributed by atoms with van der Waals surface area (Å²) in [5.74, 6) is -2.68. The smallest absolute Gasteiger partial charge is 0.312 e. The number of hydrogen-bond donors (Lipinski definition) is 2. The quantitative estimate of drug-likeness (QED) is 0.302. The molecule has 1 unspecified atom stereocenters. The van der Waals surface area contributed by atoms with E-state index < -0.39 is 41.6 Å². The average Bonchev–Trinajstić information content (AvgIpc) is 3.39. The SMILES string of the molecule is CCOC(=O)[C@@H]1[C@H]2O[C@@]3(CC2Br)[C@H](C(=O)NCCN2CCOCC2)N([C@@H](CC)CO)C(=O)[C@@H]13. The van der Waals surface area contributed by atoms with Crippen LogP contribution >= 0.6 is 15.9 Å². The first-order chi connectivity index (χ1) is 15.9. The van der Waals surface area contributed by atoms with Crippen molar-refractivity contribution < 1.29 is 33.7 Å². The Hall–Kier alpha value is -1.27. The zero-order valence-electron chi connectivity index (χ0n) is 19.2. The average molecular weight is 532 g/mol. The number of aliphatic hydroxyl groups is 1. The first-order valence-electron chi connectivity index (χ1n) is 11.9. The number of rotatable bonds is 9. The minimum atomic E-state index is -1.13. The van der Waals surface area contributed by atoms with Gasteiger partial charge in [0.15, 0.2) is 0 Å². The number of likely N-dealkylation sites (tertiary alicyclic amines) is 1. The van der Waals surface area contributed by atoms with Crippen molar-refractivity contribution in [3.63, 3.8) is 0 Å². The van der Waals surface area contributed by atoms with Crippen LogP contribution in [0.25, 0.3) is 0 Å². The van der Waals surface area contributed by atoms with Crippen molar-refractivity contribution in [2.75, 3.05) is 52.6 Å². The van der Waals surface area contributed by atoms with Crippen molar-refractivity contribution in [3.05, 3.63) is 0 Å². The molecule has 4 saturated heterocycles. The van der Waals surface area contributed by atoms with E-state index in [1.165, 1.54) is 4.90 Å². The highest BCUT2D eigenvalue weighted by molar-refractivity contribution is 9.09. The van der Waals surface area contributed by atoms with E-state index >= 15 is 0 Å². The number of carbonyl (C=O) groups is 3. The monoisotopic (exact) mass is 531 g/mol. The first-order valence-corrected chi connectivity index (χ1v) is 12.8. The van der Waals surface area contributed by atoms with Crippen LogP contribution < -0.4 is 5.32 Å². The molecule has 10 nitrogen and oxygen atoms in total. The Morgan fingerprint density at radius 3 is 2.70 bits per heavy atom. The van der Waals surface area contributed by atoms with Crippen molar-refractivity contribution in [2.24, 2.45) is 11.8 Å². The van der Waals surface area contributed by atoms with Crippen LogP contribution in [0.3, 0.4) is 0 Å². The predicted octanol–water partition coefficient (Wildman–Crippen LogP) is -0.483. The Morgan fingerprint density at radius 2 is 2.06 bits per heavy atom. The van der Waals surface area contributed by atoms with Crippen molar-refractivity contribution in [3.8, 4) is 0 Å². The van der Waals surface area contributed by atoms with Gasteiger partial charge in [-0.1, -0.05) is 22.9 Å². The second-order valence-corrected chi connectivity index (χ2v) is 10.3. The van der Waals surface area contributed by atoms with Gasteiger partial charge in [-0.05, 0) is 19.8 Å². The highest BCUT2D eigenvalue weighted by atomic mass is 79.9. The highest BCUT2D eigenvalue weighted by Gasteiger charge is 2.77. The third-order valence-electron chi connectivity index (χ3n) is 7.44. The third-order valence-corrected chi connectivity index (χ3v) is 8.29. The number of nitrogens with zero attached hydrogens (tertiary/aromatic N) is 2. The fourth-order valence-electron chi connectivity index (χ4n) is 5.94. The van der Waals surface area contributed by atoms with E-state index in [4.69, 9.17) is 14.2 Å². The fourth-order valence-corrected chi connectivity index (χ4v) is 6.88. The Balaban J connectivity index is 1.59. The molecule has 7 atom stereocenters. The van der Waals surface area contributed by atoms with Gasteiger partial charge in [0.2, 0.25) is 11.8 Å². The van der Waals surface area contributed by atoms with Crippen molar-refractivity contribution >= 4 is 33.7 Å². The second kappa shape index (κ2) is 10.2. The molecule has 4 aliphatic heterocycles. The lowest BCUT2D eigenvalue weighted by molar-refractivity contribution is -0.155. The lowest BCUT2D eigenvalue weighted by Crippen LogP contribution is -2.58. The molecule has 1 spiro atoms. The van der Waals surface area contributed by atoms with Crippen LogP contribution in [-0.2, 0) is 28.6 Å². The molecule has 0 aromatic carbocycles. The number of fused-ring (bicyclic) bond motifs is 1. The van der Waals surface area contributed by atoms with Crippen LogP contribution in [0.1, 0.15) is 26.7 Å². The number of nitrogens with one attached hydrogen (secondary N) is 1. The van der Waals surface area contributed by atoms with Gasteiger partial charge in [-0.2, -0.15) is 0 Å². The molecule has 4 fully saturated rings. The summed E-state index contributed by atoms with van der Waals surface area (Å²) in [6, 6.07) is -1.45. The van der Waals surface area contributed by atoms with Gasteiger partial charge in [0.05, 0.1) is 50.4 Å². The molecule has 0 aliphatic carbocycles. The second-order valence-electron chi connectivity index (χ2n) is 9.15. The van der Waals surface area contributed by atoms with Crippen molar-refractivity contribution in [1.82, 2.24) is 15.1 Å². The maximum absolute atomic E-state index is 13.7. The number of alkyl halides is 1. The van der Waals surface area contributed by atoms with Gasteiger partial charge in [0.25, 0.3) is 0 Å². The maximum Gasteiger partial charge on any atom is 0.312 e. The van der Waals surface area contributed by atoms with Crippen LogP contribution in [0.15, 0.2) is 0 Å². The molecule has 0 aromatic rings. The van der Waals surface area contributed by atoms with E-state index in [1.807, 2.05) is 6.92 Å². The van der Waals surface area contributed by atoms with E-state index in [2.05, 4.69) is 26.1 Å². The molecular formula is C22H34BrN3O7. The summed E-state index contributed by atoms with van der Waals surface area (Å²) in [6.45, 7) is 7.60. The van der Waals surface area contributed by atoms with Gasteiger partial charge >= 0.3 is 5.97 Å². The molecule has 4 aliphatic rings. The minimum absolute atomic E-state index is 0.172. The number of amides is 2. The normalized spacial score (nSPS) is 36.7. The highest BCUT2D eigenvalue weighted by Crippen LogP contribution is 2.60. The molecule has 2 amide bonds. The summed E-state index contributed by atoms with van der Waals surface area (Å²) in [6.07, 6.45) is 0.385. The number of carbonyl (C=O) groups excluding carboxylic acids is 3. The number of halogens is 1. The number of hydrogen-bond acceptors (Lipinski definition) is 8. The van der Waals surface area contributed by atoms with Gasteiger partial charge in [0, 0.05) is 31.0 Å². The number of aliphatic hydroxyl groups excluding tert-OH is 1. The van der Waals surface area contributed by atoms with E-state index in [0.717, 1.165) is 13.1 Å². The largest absolute Gasteiger partial charge is 0.466 e. The molecule has 0 saturated carbocycles. The molecule has 2 N–H and O–H groups in total.